The van der Waals surface area contributed by atoms with Crippen molar-refractivity contribution in [2.75, 3.05) is 31.2 Å². The Morgan fingerprint density at radius 1 is 1.27 bits per heavy atom. The van der Waals surface area contributed by atoms with Gasteiger partial charge in [0.15, 0.2) is 0 Å². The minimum atomic E-state index is 0. The molecule has 1 aliphatic heterocycles. The lowest BCUT2D eigenvalue weighted by atomic mass is 10.00. The largest absolute Gasteiger partial charge is 0.378 e. The molecule has 2 fully saturated rings. The zero-order valence-electron chi connectivity index (χ0n) is 15.4. The van der Waals surface area contributed by atoms with Gasteiger partial charge in [-0.05, 0) is 42.9 Å². The molecule has 0 spiro atoms. The number of carbonyl (C=O) groups excluding carboxylic acids is 1. The van der Waals surface area contributed by atoms with Gasteiger partial charge in [0.05, 0.1) is 13.2 Å². The molecule has 1 aromatic rings. The van der Waals surface area contributed by atoms with Crippen LogP contribution in [0.4, 0.5) is 5.69 Å². The van der Waals surface area contributed by atoms with Crippen molar-refractivity contribution in [2.24, 2.45) is 11.7 Å². The SMILES string of the molecule is Cc1ccc(CNC(=O)C[C@@H]2CCC[C@H]2N)c(N2CCOCC2)c1.Cl.Cl. The van der Waals surface area contributed by atoms with Gasteiger partial charge in [-0.25, -0.2) is 0 Å². The minimum Gasteiger partial charge on any atom is -0.378 e. The number of ether oxygens (including phenoxy) is 1. The van der Waals surface area contributed by atoms with Crippen molar-refractivity contribution in [1.82, 2.24) is 5.32 Å². The van der Waals surface area contributed by atoms with Crippen LogP contribution in [0.3, 0.4) is 0 Å². The Balaban J connectivity index is 0.00000169. The lowest BCUT2D eigenvalue weighted by molar-refractivity contribution is -0.122. The molecule has 148 valence electrons. The number of hydrogen-bond acceptors (Lipinski definition) is 4. The highest BCUT2D eigenvalue weighted by Gasteiger charge is 2.26. The summed E-state index contributed by atoms with van der Waals surface area (Å²) < 4.78 is 5.45. The van der Waals surface area contributed by atoms with Crippen LogP contribution >= 0.6 is 24.8 Å². The van der Waals surface area contributed by atoms with Crippen molar-refractivity contribution in [3.63, 3.8) is 0 Å². The van der Waals surface area contributed by atoms with E-state index in [0.717, 1.165) is 45.6 Å². The number of nitrogens with zero attached hydrogens (tertiary/aromatic N) is 1. The molecule has 3 rings (SSSR count). The molecule has 5 nitrogen and oxygen atoms in total. The predicted octanol–water partition coefficient (Wildman–Crippen LogP) is 2.81. The molecule has 1 aliphatic carbocycles. The van der Waals surface area contributed by atoms with Gasteiger partial charge in [0, 0.05) is 37.8 Å². The van der Waals surface area contributed by atoms with E-state index in [2.05, 4.69) is 35.3 Å². The number of anilines is 1. The molecule has 0 aromatic heterocycles. The number of morpholine rings is 1. The number of aryl methyl sites for hydroxylation is 1. The van der Waals surface area contributed by atoms with Gasteiger partial charge in [0.2, 0.25) is 5.91 Å². The molecule has 1 heterocycles. The third kappa shape index (κ3) is 6.02. The molecule has 2 atom stereocenters. The zero-order valence-corrected chi connectivity index (χ0v) is 17.0. The van der Waals surface area contributed by atoms with Crippen molar-refractivity contribution >= 4 is 36.4 Å². The summed E-state index contributed by atoms with van der Waals surface area (Å²) in [6.07, 6.45) is 3.84. The van der Waals surface area contributed by atoms with Gasteiger partial charge in [-0.1, -0.05) is 18.6 Å². The Morgan fingerprint density at radius 2 is 2.00 bits per heavy atom. The fraction of sp³-hybridized carbons (Fsp3) is 0.632. The highest BCUT2D eigenvalue weighted by atomic mass is 35.5. The molecule has 7 heteroatoms. The van der Waals surface area contributed by atoms with Crippen LogP contribution in [-0.4, -0.2) is 38.3 Å². The molecule has 0 radical (unpaired) electrons. The molecule has 2 aliphatic rings. The smallest absolute Gasteiger partial charge is 0.220 e. The molecule has 1 amide bonds. The normalized spacial score (nSPS) is 22.3. The maximum Gasteiger partial charge on any atom is 0.220 e. The lowest BCUT2D eigenvalue weighted by Crippen LogP contribution is -2.37. The molecule has 3 N–H and O–H groups in total. The number of nitrogens with two attached hydrogens (primary N) is 1. The summed E-state index contributed by atoms with van der Waals surface area (Å²) in [6, 6.07) is 6.64. The average Bonchev–Trinajstić information content (AvgIpc) is 2.99. The van der Waals surface area contributed by atoms with Gasteiger partial charge in [-0.3, -0.25) is 4.79 Å². The number of amides is 1. The van der Waals surface area contributed by atoms with Gasteiger partial charge in [-0.2, -0.15) is 0 Å². The first-order valence-electron chi connectivity index (χ1n) is 9.08. The second kappa shape index (κ2) is 11.0. The van der Waals surface area contributed by atoms with Crippen molar-refractivity contribution in [2.45, 2.75) is 45.2 Å². The van der Waals surface area contributed by atoms with Crippen molar-refractivity contribution < 1.29 is 9.53 Å². The molecule has 1 saturated carbocycles. The summed E-state index contributed by atoms with van der Waals surface area (Å²) in [5, 5.41) is 3.09. The monoisotopic (exact) mass is 403 g/mol. The Labute approximate surface area is 168 Å². The topological polar surface area (TPSA) is 67.6 Å². The quantitative estimate of drug-likeness (QED) is 0.792. The van der Waals surface area contributed by atoms with E-state index in [0.29, 0.717) is 18.9 Å². The Bertz CT molecular complexity index is 580. The van der Waals surface area contributed by atoms with Crippen LogP contribution in [-0.2, 0) is 16.1 Å². The molecule has 0 bridgehead atoms. The predicted molar refractivity (Wildman–Crippen MR) is 110 cm³/mol. The highest BCUT2D eigenvalue weighted by molar-refractivity contribution is 5.85. The molecule has 1 aromatic carbocycles. The highest BCUT2D eigenvalue weighted by Crippen LogP contribution is 2.27. The van der Waals surface area contributed by atoms with E-state index in [1.807, 2.05) is 0 Å². The van der Waals surface area contributed by atoms with Gasteiger partial charge < -0.3 is 20.7 Å². The van der Waals surface area contributed by atoms with Crippen LogP contribution in [0.15, 0.2) is 18.2 Å². The van der Waals surface area contributed by atoms with Gasteiger partial charge >= 0.3 is 0 Å². The van der Waals surface area contributed by atoms with E-state index in [-0.39, 0.29) is 36.8 Å². The first-order chi connectivity index (χ1) is 11.6. The first-order valence-corrected chi connectivity index (χ1v) is 9.08. The van der Waals surface area contributed by atoms with Crippen LogP contribution in [0.25, 0.3) is 0 Å². The maximum atomic E-state index is 12.3. The molecular weight excluding hydrogens is 373 g/mol. The fourth-order valence-electron chi connectivity index (χ4n) is 3.75. The standard InChI is InChI=1S/C19H29N3O2.2ClH/c1-14-5-6-16(18(11-14)22-7-9-24-10-8-22)13-21-19(23)12-15-3-2-4-17(15)20;;/h5-6,11,15,17H,2-4,7-10,12-13,20H2,1H3,(H,21,23);2*1H/t15-,17+;;/m0../s1. The second-order valence-electron chi connectivity index (χ2n) is 7.07. The summed E-state index contributed by atoms with van der Waals surface area (Å²) in [4.78, 5) is 14.6. The number of nitrogens with one attached hydrogen (secondary N) is 1. The van der Waals surface area contributed by atoms with Crippen LogP contribution < -0.4 is 16.0 Å². The molecule has 1 saturated heterocycles. The van der Waals surface area contributed by atoms with Crippen LogP contribution in [0.2, 0.25) is 0 Å². The summed E-state index contributed by atoms with van der Waals surface area (Å²) >= 11 is 0. The van der Waals surface area contributed by atoms with E-state index in [1.165, 1.54) is 16.8 Å². The second-order valence-corrected chi connectivity index (χ2v) is 7.07. The van der Waals surface area contributed by atoms with E-state index >= 15 is 0 Å². The molecule has 0 unspecified atom stereocenters. The number of hydrogen-bond donors (Lipinski definition) is 2. The first kappa shape index (κ1) is 23.0. The van der Waals surface area contributed by atoms with Crippen molar-refractivity contribution in [3.05, 3.63) is 29.3 Å². The molecule has 26 heavy (non-hydrogen) atoms. The van der Waals surface area contributed by atoms with E-state index in [4.69, 9.17) is 10.5 Å². The minimum absolute atomic E-state index is 0. The summed E-state index contributed by atoms with van der Waals surface area (Å²) in [7, 11) is 0. The number of benzene rings is 1. The van der Waals surface area contributed by atoms with Gasteiger partial charge in [0.25, 0.3) is 0 Å². The summed E-state index contributed by atoms with van der Waals surface area (Å²) in [6.45, 7) is 6.02. The summed E-state index contributed by atoms with van der Waals surface area (Å²) in [5.74, 6) is 0.465. The van der Waals surface area contributed by atoms with E-state index < -0.39 is 0 Å². The van der Waals surface area contributed by atoms with Crippen LogP contribution in [0, 0.1) is 12.8 Å². The number of carbonyl (C=O) groups is 1. The fourth-order valence-corrected chi connectivity index (χ4v) is 3.75. The lowest BCUT2D eigenvalue weighted by Gasteiger charge is -2.31. The molecular formula is C19H31Cl2N3O2. The Morgan fingerprint density at radius 3 is 2.65 bits per heavy atom. The maximum absolute atomic E-state index is 12.3. The Hall–Kier alpha value is -1.01. The Kier molecular flexibility index (Phi) is 9.72. The third-order valence-corrected chi connectivity index (χ3v) is 5.23. The number of halogens is 2. The zero-order chi connectivity index (χ0) is 16.9. The average molecular weight is 404 g/mol. The number of rotatable bonds is 5. The third-order valence-electron chi connectivity index (χ3n) is 5.23. The van der Waals surface area contributed by atoms with Crippen molar-refractivity contribution in [3.8, 4) is 0 Å². The van der Waals surface area contributed by atoms with Gasteiger partial charge in [-0.15, -0.1) is 24.8 Å². The van der Waals surface area contributed by atoms with Crippen LogP contribution in [0.5, 0.6) is 0 Å². The van der Waals surface area contributed by atoms with E-state index in [9.17, 15) is 4.79 Å². The van der Waals surface area contributed by atoms with Crippen LogP contribution in [0.1, 0.15) is 36.8 Å². The van der Waals surface area contributed by atoms with Gasteiger partial charge in [0.1, 0.15) is 0 Å². The summed E-state index contributed by atoms with van der Waals surface area (Å²) in [5.41, 5.74) is 9.71. The van der Waals surface area contributed by atoms with Crippen molar-refractivity contribution in [1.29, 1.82) is 0 Å². The van der Waals surface area contributed by atoms with E-state index in [1.54, 1.807) is 0 Å².